The monoisotopic (exact) mass is 561 g/mol. The fourth-order valence-electron chi connectivity index (χ4n) is 5.22. The van der Waals surface area contributed by atoms with Crippen LogP contribution in [0.25, 0.3) is 0 Å². The summed E-state index contributed by atoms with van der Waals surface area (Å²) in [4.78, 5) is 39.5. The molecule has 3 rings (SSSR count). The number of benzene rings is 2. The van der Waals surface area contributed by atoms with Crippen molar-refractivity contribution < 1.29 is 32.3 Å². The lowest BCUT2D eigenvalue weighted by Gasteiger charge is -2.42. The molecule has 218 valence electrons. The molecule has 2 amide bonds. The molecule has 1 aliphatic rings. The summed E-state index contributed by atoms with van der Waals surface area (Å²) in [7, 11) is 3.45. The Bertz CT molecular complexity index is 1180. The minimum atomic E-state index is -4.56. The molecule has 0 aliphatic heterocycles. The van der Waals surface area contributed by atoms with E-state index in [0.717, 1.165) is 49.4 Å². The second kappa shape index (κ2) is 13.8. The molecule has 7 nitrogen and oxygen atoms in total. The van der Waals surface area contributed by atoms with E-state index in [1.54, 1.807) is 6.07 Å². The van der Waals surface area contributed by atoms with Crippen LogP contribution in [0.5, 0.6) is 0 Å². The van der Waals surface area contributed by atoms with Crippen LogP contribution in [0.1, 0.15) is 71.4 Å². The first-order chi connectivity index (χ1) is 18.9. The molecule has 0 heterocycles. The predicted octanol–water partition coefficient (Wildman–Crippen LogP) is 4.85. The molecule has 1 saturated carbocycles. The fraction of sp³-hybridized carbons (Fsp3) is 0.500. The Balaban J connectivity index is 1.64. The van der Waals surface area contributed by atoms with Crippen LogP contribution in [0.15, 0.2) is 48.5 Å². The molecule has 2 N–H and O–H groups in total. The summed E-state index contributed by atoms with van der Waals surface area (Å²) in [5.74, 6) is -1.37. The van der Waals surface area contributed by atoms with Gasteiger partial charge in [0.05, 0.1) is 24.8 Å². The number of aryl methyl sites for hydroxylation is 1. The summed E-state index contributed by atoms with van der Waals surface area (Å²) in [6.07, 6.45) is -0.508. The SMILES string of the molecule is COC(=O)c1cccc(CCC2CC(N(C)C(C)C)CCC2NC(=O)CNC(=O)c2cccc(C(F)(F)F)c2)c1. The number of nitrogens with zero attached hydrogens (tertiary/aromatic N) is 1. The fourth-order valence-corrected chi connectivity index (χ4v) is 5.22. The smallest absolute Gasteiger partial charge is 0.416 e. The predicted molar refractivity (Wildman–Crippen MR) is 146 cm³/mol. The summed E-state index contributed by atoms with van der Waals surface area (Å²) < 4.78 is 43.8. The summed E-state index contributed by atoms with van der Waals surface area (Å²) in [5.41, 5.74) is 0.405. The average Bonchev–Trinajstić information content (AvgIpc) is 2.94. The highest BCUT2D eigenvalue weighted by Crippen LogP contribution is 2.32. The van der Waals surface area contributed by atoms with E-state index in [1.807, 2.05) is 18.2 Å². The largest absolute Gasteiger partial charge is 0.465 e. The van der Waals surface area contributed by atoms with Crippen molar-refractivity contribution in [2.45, 2.75) is 70.3 Å². The minimum Gasteiger partial charge on any atom is -0.465 e. The van der Waals surface area contributed by atoms with Crippen LogP contribution in [0.4, 0.5) is 13.2 Å². The van der Waals surface area contributed by atoms with Crippen LogP contribution in [0.2, 0.25) is 0 Å². The van der Waals surface area contributed by atoms with Crippen LogP contribution in [0, 0.1) is 5.92 Å². The molecule has 2 aromatic rings. The first-order valence-corrected chi connectivity index (χ1v) is 13.5. The van der Waals surface area contributed by atoms with Gasteiger partial charge in [0.1, 0.15) is 0 Å². The average molecular weight is 562 g/mol. The molecule has 0 bridgehead atoms. The second-order valence-corrected chi connectivity index (χ2v) is 10.7. The van der Waals surface area contributed by atoms with Crippen LogP contribution < -0.4 is 10.6 Å². The van der Waals surface area contributed by atoms with Gasteiger partial charge in [-0.15, -0.1) is 0 Å². The van der Waals surface area contributed by atoms with Crippen molar-refractivity contribution in [2.24, 2.45) is 5.92 Å². The summed E-state index contributed by atoms with van der Waals surface area (Å²) in [6.45, 7) is 3.96. The van der Waals surface area contributed by atoms with Gasteiger partial charge in [0.2, 0.25) is 5.91 Å². The van der Waals surface area contributed by atoms with Gasteiger partial charge in [0.25, 0.3) is 5.91 Å². The number of halogens is 3. The number of esters is 1. The number of nitrogens with one attached hydrogen (secondary N) is 2. The molecule has 40 heavy (non-hydrogen) atoms. The maximum atomic E-state index is 13.0. The maximum Gasteiger partial charge on any atom is 0.416 e. The number of alkyl halides is 3. The van der Waals surface area contributed by atoms with Gasteiger partial charge in [-0.2, -0.15) is 13.2 Å². The van der Waals surface area contributed by atoms with Crippen LogP contribution >= 0.6 is 0 Å². The number of carbonyl (C=O) groups excluding carboxylic acids is 3. The van der Waals surface area contributed by atoms with Gasteiger partial charge >= 0.3 is 12.1 Å². The standard InChI is InChI=1S/C30H38F3N3O4/c1-19(2)36(3)25-13-14-26(21(17-25)12-11-20-7-5-9-23(15-20)29(39)40-4)35-27(37)18-34-28(38)22-8-6-10-24(16-22)30(31,32)33/h5-10,15-16,19,21,25-26H,11-14,17-18H2,1-4H3,(H,34,38)(H,35,37). The number of hydrogen-bond donors (Lipinski definition) is 2. The highest BCUT2D eigenvalue weighted by atomic mass is 19.4. The Labute approximate surface area is 233 Å². The quantitative estimate of drug-likeness (QED) is 0.405. The molecule has 3 unspecified atom stereocenters. The van der Waals surface area contributed by atoms with Crippen molar-refractivity contribution in [2.75, 3.05) is 20.7 Å². The van der Waals surface area contributed by atoms with Crippen molar-refractivity contribution in [3.05, 3.63) is 70.8 Å². The molecule has 0 aromatic heterocycles. The van der Waals surface area contributed by atoms with E-state index in [4.69, 9.17) is 4.74 Å². The lowest BCUT2D eigenvalue weighted by Crippen LogP contribution is -2.51. The van der Waals surface area contributed by atoms with Crippen molar-refractivity contribution in [3.8, 4) is 0 Å². The van der Waals surface area contributed by atoms with Gasteiger partial charge in [-0.25, -0.2) is 4.79 Å². The first kappa shape index (κ1) is 31.1. The van der Waals surface area contributed by atoms with E-state index in [9.17, 15) is 27.6 Å². The van der Waals surface area contributed by atoms with E-state index in [2.05, 4.69) is 36.4 Å². The van der Waals surface area contributed by atoms with Crippen LogP contribution in [0.3, 0.4) is 0 Å². The Morgan fingerprint density at radius 3 is 2.42 bits per heavy atom. The van der Waals surface area contributed by atoms with Crippen molar-refractivity contribution in [3.63, 3.8) is 0 Å². The number of rotatable bonds is 10. The van der Waals surface area contributed by atoms with Crippen LogP contribution in [-0.4, -0.2) is 61.5 Å². The molecular formula is C30H38F3N3O4. The Morgan fingerprint density at radius 1 is 1.05 bits per heavy atom. The summed E-state index contributed by atoms with van der Waals surface area (Å²) in [5, 5.41) is 5.48. The molecule has 0 saturated heterocycles. The van der Waals surface area contributed by atoms with Gasteiger partial charge in [-0.1, -0.05) is 18.2 Å². The summed E-state index contributed by atoms with van der Waals surface area (Å²) in [6, 6.07) is 12.0. The molecule has 0 spiro atoms. The van der Waals surface area contributed by atoms with Gasteiger partial charge in [-0.05, 0) is 94.8 Å². The Hall–Kier alpha value is -3.40. The van der Waals surface area contributed by atoms with E-state index in [0.29, 0.717) is 24.1 Å². The highest BCUT2D eigenvalue weighted by molar-refractivity contribution is 5.96. The molecule has 3 atom stereocenters. The normalized spacial score (nSPS) is 19.4. The van der Waals surface area contributed by atoms with E-state index in [-0.39, 0.29) is 24.1 Å². The van der Waals surface area contributed by atoms with E-state index < -0.39 is 29.5 Å². The van der Waals surface area contributed by atoms with Crippen LogP contribution in [-0.2, 0) is 22.1 Å². The number of amides is 2. The lowest BCUT2D eigenvalue weighted by molar-refractivity contribution is -0.137. The minimum absolute atomic E-state index is 0.112. The lowest BCUT2D eigenvalue weighted by atomic mass is 9.77. The topological polar surface area (TPSA) is 87.7 Å². The third kappa shape index (κ3) is 8.55. The van der Waals surface area contributed by atoms with Gasteiger partial charge in [0.15, 0.2) is 0 Å². The molecule has 1 aliphatic carbocycles. The van der Waals surface area contributed by atoms with Crippen molar-refractivity contribution in [1.29, 1.82) is 0 Å². The van der Waals surface area contributed by atoms with Crippen molar-refractivity contribution >= 4 is 17.8 Å². The number of carbonyl (C=O) groups is 3. The second-order valence-electron chi connectivity index (χ2n) is 10.7. The third-order valence-electron chi connectivity index (χ3n) is 7.71. The number of ether oxygens (including phenoxy) is 1. The molecule has 10 heteroatoms. The zero-order chi connectivity index (χ0) is 29.4. The number of methoxy groups -OCH3 is 1. The van der Waals surface area contributed by atoms with Gasteiger partial charge in [-0.3, -0.25) is 9.59 Å². The van der Waals surface area contributed by atoms with E-state index >= 15 is 0 Å². The summed E-state index contributed by atoms with van der Waals surface area (Å²) >= 11 is 0. The van der Waals surface area contributed by atoms with E-state index in [1.165, 1.54) is 13.2 Å². The maximum absolute atomic E-state index is 13.0. The zero-order valence-corrected chi connectivity index (χ0v) is 23.4. The van der Waals surface area contributed by atoms with Gasteiger partial charge < -0.3 is 20.3 Å². The molecular weight excluding hydrogens is 523 g/mol. The third-order valence-corrected chi connectivity index (χ3v) is 7.71. The molecule has 0 radical (unpaired) electrons. The van der Waals surface area contributed by atoms with Crippen molar-refractivity contribution in [1.82, 2.24) is 15.5 Å². The first-order valence-electron chi connectivity index (χ1n) is 13.5. The Kier molecular flexibility index (Phi) is 10.7. The molecule has 1 fully saturated rings. The highest BCUT2D eigenvalue weighted by Gasteiger charge is 2.34. The van der Waals surface area contributed by atoms with Gasteiger partial charge in [0, 0.05) is 23.7 Å². The zero-order valence-electron chi connectivity index (χ0n) is 23.4. The molecule has 2 aromatic carbocycles. The number of hydrogen-bond acceptors (Lipinski definition) is 5. The Morgan fingerprint density at radius 2 is 1.75 bits per heavy atom.